The summed E-state index contributed by atoms with van der Waals surface area (Å²) in [5.74, 6) is 1.02. The van der Waals surface area contributed by atoms with Crippen LogP contribution in [0.4, 0.5) is 5.69 Å². The molecule has 1 amide bonds. The molecule has 3 aromatic rings. The first-order valence-corrected chi connectivity index (χ1v) is 12.5. The van der Waals surface area contributed by atoms with Crippen molar-refractivity contribution in [3.63, 3.8) is 0 Å². The largest absolute Gasteiger partial charge is 0.490 e. The van der Waals surface area contributed by atoms with E-state index in [1.54, 1.807) is 17.0 Å². The van der Waals surface area contributed by atoms with Gasteiger partial charge in [0.05, 0.1) is 17.2 Å². The fourth-order valence-corrected chi connectivity index (χ4v) is 5.19. The maximum absolute atomic E-state index is 13.1. The quantitative estimate of drug-likeness (QED) is 0.231. The predicted octanol–water partition coefficient (Wildman–Crippen LogP) is 7.69. The summed E-state index contributed by atoms with van der Waals surface area (Å²) in [4.78, 5) is 15.3. The average molecular weight is 530 g/mol. The van der Waals surface area contributed by atoms with Crippen LogP contribution in [0.1, 0.15) is 23.6 Å². The molecule has 0 atom stereocenters. The third kappa shape index (κ3) is 5.41. The number of rotatable bonds is 7. The topological polar surface area (TPSA) is 38.8 Å². The van der Waals surface area contributed by atoms with Gasteiger partial charge in [-0.3, -0.25) is 9.69 Å². The molecule has 1 aliphatic rings. The number of carbonyl (C=O) groups is 1. The minimum atomic E-state index is -0.139. The van der Waals surface area contributed by atoms with Crippen LogP contribution in [-0.4, -0.2) is 16.8 Å². The summed E-state index contributed by atoms with van der Waals surface area (Å²) >= 11 is 19.0. The van der Waals surface area contributed by atoms with Crippen LogP contribution in [0.3, 0.4) is 0 Å². The molecule has 1 fully saturated rings. The van der Waals surface area contributed by atoms with Crippen LogP contribution in [0.25, 0.3) is 6.08 Å². The van der Waals surface area contributed by atoms with Gasteiger partial charge < -0.3 is 9.47 Å². The van der Waals surface area contributed by atoms with Gasteiger partial charge in [0.15, 0.2) is 15.8 Å². The van der Waals surface area contributed by atoms with Gasteiger partial charge in [-0.2, -0.15) is 0 Å². The van der Waals surface area contributed by atoms with Crippen LogP contribution in [0.2, 0.25) is 10.0 Å². The van der Waals surface area contributed by atoms with E-state index in [-0.39, 0.29) is 12.5 Å². The van der Waals surface area contributed by atoms with Gasteiger partial charge in [0.25, 0.3) is 5.91 Å². The van der Waals surface area contributed by atoms with Gasteiger partial charge in [0.1, 0.15) is 6.61 Å². The van der Waals surface area contributed by atoms with Crippen LogP contribution in [0, 0.1) is 6.92 Å². The van der Waals surface area contributed by atoms with Crippen molar-refractivity contribution in [2.75, 3.05) is 11.5 Å². The molecule has 0 bridgehead atoms. The van der Waals surface area contributed by atoms with Crippen LogP contribution in [0.5, 0.6) is 11.5 Å². The fraction of sp³-hybridized carbons (Fsp3) is 0.154. The number of nitrogens with zero attached hydrogens (tertiary/aromatic N) is 1. The highest BCUT2D eigenvalue weighted by Crippen LogP contribution is 2.38. The number of aryl methyl sites for hydroxylation is 1. The van der Waals surface area contributed by atoms with E-state index in [0.717, 1.165) is 22.4 Å². The molecular formula is C26H21Cl2NO3S2. The van der Waals surface area contributed by atoms with Crippen molar-refractivity contribution >= 4 is 69.2 Å². The Morgan fingerprint density at radius 3 is 2.56 bits per heavy atom. The van der Waals surface area contributed by atoms with Crippen molar-refractivity contribution < 1.29 is 14.3 Å². The Hall–Kier alpha value is -2.51. The van der Waals surface area contributed by atoms with Crippen LogP contribution >= 0.6 is 47.2 Å². The highest BCUT2D eigenvalue weighted by atomic mass is 35.5. The second-order valence-corrected chi connectivity index (χ2v) is 9.99. The number of amides is 1. The number of para-hydroxylation sites is 1. The van der Waals surface area contributed by atoms with E-state index in [4.69, 9.17) is 44.9 Å². The average Bonchev–Trinajstić information content (AvgIpc) is 3.07. The number of hydrogen-bond donors (Lipinski definition) is 0. The normalized spacial score (nSPS) is 14.7. The van der Waals surface area contributed by atoms with Crippen molar-refractivity contribution in [1.29, 1.82) is 0 Å². The molecule has 1 aliphatic heterocycles. The Bertz CT molecular complexity index is 1290. The standard InChI is InChI=1S/C26H21Cl2NO3S2/c1-3-31-23-12-17(8-11-22(23)32-15-18-9-10-19(27)14-20(18)28)13-24-25(30)29(26(33)34-24)21-7-5-4-6-16(21)2/h4-14H,3,15H2,1-2H3/b24-13+. The third-order valence-corrected chi connectivity index (χ3v) is 7.00. The minimum absolute atomic E-state index is 0.139. The van der Waals surface area contributed by atoms with Gasteiger partial charge in [-0.05, 0) is 61.4 Å². The second-order valence-electron chi connectivity index (χ2n) is 7.47. The minimum Gasteiger partial charge on any atom is -0.490 e. The second kappa shape index (κ2) is 10.8. The van der Waals surface area contributed by atoms with E-state index >= 15 is 0 Å². The van der Waals surface area contributed by atoms with Gasteiger partial charge in [0.2, 0.25) is 0 Å². The highest BCUT2D eigenvalue weighted by molar-refractivity contribution is 8.27. The van der Waals surface area contributed by atoms with Gasteiger partial charge in [-0.15, -0.1) is 0 Å². The van der Waals surface area contributed by atoms with E-state index in [0.29, 0.717) is 37.4 Å². The predicted molar refractivity (Wildman–Crippen MR) is 145 cm³/mol. The zero-order chi connectivity index (χ0) is 24.2. The molecule has 174 valence electrons. The van der Waals surface area contributed by atoms with Crippen molar-refractivity contribution in [2.24, 2.45) is 0 Å². The number of hydrogen-bond acceptors (Lipinski definition) is 5. The summed E-state index contributed by atoms with van der Waals surface area (Å²) < 4.78 is 12.3. The van der Waals surface area contributed by atoms with Crippen molar-refractivity contribution in [2.45, 2.75) is 20.5 Å². The number of benzene rings is 3. The monoisotopic (exact) mass is 529 g/mol. The summed E-state index contributed by atoms with van der Waals surface area (Å²) in [6, 6.07) is 18.5. The number of halogens is 2. The maximum atomic E-state index is 13.1. The van der Waals surface area contributed by atoms with Crippen LogP contribution in [0.15, 0.2) is 65.6 Å². The number of thioether (sulfide) groups is 1. The lowest BCUT2D eigenvalue weighted by molar-refractivity contribution is -0.113. The molecule has 4 nitrogen and oxygen atoms in total. The first-order valence-electron chi connectivity index (χ1n) is 10.5. The van der Waals surface area contributed by atoms with Crippen molar-refractivity contribution in [3.8, 4) is 11.5 Å². The lowest BCUT2D eigenvalue weighted by Gasteiger charge is -2.16. The van der Waals surface area contributed by atoms with E-state index in [9.17, 15) is 4.79 Å². The highest BCUT2D eigenvalue weighted by Gasteiger charge is 2.34. The summed E-state index contributed by atoms with van der Waals surface area (Å²) in [6.07, 6.45) is 1.82. The zero-order valence-electron chi connectivity index (χ0n) is 18.5. The third-order valence-electron chi connectivity index (χ3n) is 5.11. The number of carbonyl (C=O) groups excluding carboxylic acids is 1. The molecule has 0 spiro atoms. The van der Waals surface area contributed by atoms with Gasteiger partial charge in [-0.25, -0.2) is 0 Å². The Morgan fingerprint density at radius 1 is 1.03 bits per heavy atom. The zero-order valence-corrected chi connectivity index (χ0v) is 21.7. The Labute approximate surface area is 218 Å². The first kappa shape index (κ1) is 24.6. The molecule has 8 heteroatoms. The molecule has 3 aromatic carbocycles. The lowest BCUT2D eigenvalue weighted by Crippen LogP contribution is -2.28. The van der Waals surface area contributed by atoms with E-state index < -0.39 is 0 Å². The fourth-order valence-electron chi connectivity index (χ4n) is 3.44. The van der Waals surface area contributed by atoms with Crippen LogP contribution < -0.4 is 14.4 Å². The summed E-state index contributed by atoms with van der Waals surface area (Å²) in [5, 5.41) is 1.11. The lowest BCUT2D eigenvalue weighted by atomic mass is 10.1. The van der Waals surface area contributed by atoms with E-state index in [2.05, 4.69) is 0 Å². The first-order chi connectivity index (χ1) is 16.4. The number of ether oxygens (including phenoxy) is 2. The molecule has 0 aliphatic carbocycles. The maximum Gasteiger partial charge on any atom is 0.270 e. The summed E-state index contributed by atoms with van der Waals surface area (Å²) in [5.41, 5.74) is 3.41. The van der Waals surface area contributed by atoms with E-state index in [1.807, 2.05) is 68.5 Å². The van der Waals surface area contributed by atoms with Gasteiger partial charge >= 0.3 is 0 Å². The molecule has 1 saturated heterocycles. The molecule has 0 saturated carbocycles. The molecule has 1 heterocycles. The Kier molecular flexibility index (Phi) is 7.84. The van der Waals surface area contributed by atoms with Crippen LogP contribution in [-0.2, 0) is 11.4 Å². The molecule has 34 heavy (non-hydrogen) atoms. The number of thiocarbonyl (C=S) groups is 1. The van der Waals surface area contributed by atoms with Gasteiger partial charge in [0, 0.05) is 15.6 Å². The number of anilines is 1. The van der Waals surface area contributed by atoms with E-state index in [1.165, 1.54) is 11.8 Å². The molecule has 4 rings (SSSR count). The smallest absolute Gasteiger partial charge is 0.270 e. The molecule has 0 radical (unpaired) electrons. The molecular weight excluding hydrogens is 509 g/mol. The summed E-state index contributed by atoms with van der Waals surface area (Å²) in [7, 11) is 0. The molecule has 0 N–H and O–H groups in total. The Balaban J connectivity index is 1.56. The summed E-state index contributed by atoms with van der Waals surface area (Å²) in [6.45, 7) is 4.60. The van der Waals surface area contributed by atoms with Crippen molar-refractivity contribution in [3.05, 3.63) is 92.3 Å². The molecule has 0 aromatic heterocycles. The van der Waals surface area contributed by atoms with Gasteiger partial charge in [-0.1, -0.05) is 77.5 Å². The Morgan fingerprint density at radius 2 is 1.82 bits per heavy atom. The SMILES string of the molecule is CCOc1cc(/C=C2/SC(=S)N(c3ccccc3C)C2=O)ccc1OCc1ccc(Cl)cc1Cl. The van der Waals surface area contributed by atoms with Crippen molar-refractivity contribution in [1.82, 2.24) is 0 Å². The molecule has 0 unspecified atom stereocenters.